The van der Waals surface area contributed by atoms with Crippen molar-refractivity contribution in [3.63, 3.8) is 0 Å². The summed E-state index contributed by atoms with van der Waals surface area (Å²) in [5.41, 5.74) is 1.22. The summed E-state index contributed by atoms with van der Waals surface area (Å²) in [5, 5.41) is 0. The number of imidazole rings is 1. The van der Waals surface area contributed by atoms with Gasteiger partial charge < -0.3 is 0 Å². The minimum absolute atomic E-state index is 0.103. The number of benzene rings is 2. The van der Waals surface area contributed by atoms with Crippen molar-refractivity contribution in [1.82, 2.24) is 9.55 Å². The summed E-state index contributed by atoms with van der Waals surface area (Å²) >= 11 is 9.21. The lowest BCUT2D eigenvalue weighted by molar-refractivity contribution is 0.590. The summed E-state index contributed by atoms with van der Waals surface area (Å²) in [5.74, 6) is -0.767. The highest BCUT2D eigenvalue weighted by atomic mass is 79.9. The molecular weight excluding hydrogens is 350 g/mol. The van der Waals surface area contributed by atoms with E-state index in [1.807, 2.05) is 24.3 Å². The first-order chi connectivity index (χ1) is 9.60. The van der Waals surface area contributed by atoms with Gasteiger partial charge in [-0.1, -0.05) is 15.9 Å². The fourth-order valence-electron chi connectivity index (χ4n) is 2.12. The number of nitrogens with zero attached hydrogens (tertiary/aromatic N) is 2. The molecule has 0 amide bonds. The molecule has 0 radical (unpaired) electrons. The highest BCUT2D eigenvalue weighted by molar-refractivity contribution is 9.10. The molecular formula is C14H8BrClF2N2. The summed E-state index contributed by atoms with van der Waals surface area (Å²) in [7, 11) is 0. The standard InChI is InChI=1S/C14H8BrClF2N2/c15-8-1-3-10(4-2-8)20-12-6-9(17)5-11(18)14(12)19-13(20)7-16/h1-6H,7H2. The van der Waals surface area contributed by atoms with Gasteiger partial charge in [-0.3, -0.25) is 4.57 Å². The van der Waals surface area contributed by atoms with Crippen LogP contribution in [0.15, 0.2) is 40.9 Å². The summed E-state index contributed by atoms with van der Waals surface area (Å²) in [6, 6.07) is 9.40. The van der Waals surface area contributed by atoms with Crippen molar-refractivity contribution in [2.45, 2.75) is 5.88 Å². The average Bonchev–Trinajstić information content (AvgIpc) is 2.78. The van der Waals surface area contributed by atoms with E-state index in [-0.39, 0.29) is 11.4 Å². The number of rotatable bonds is 2. The van der Waals surface area contributed by atoms with E-state index >= 15 is 0 Å². The second-order valence-electron chi connectivity index (χ2n) is 4.23. The number of halogens is 4. The van der Waals surface area contributed by atoms with E-state index in [9.17, 15) is 8.78 Å². The highest BCUT2D eigenvalue weighted by Crippen LogP contribution is 2.26. The number of fused-ring (bicyclic) bond motifs is 1. The van der Waals surface area contributed by atoms with Crippen molar-refractivity contribution in [2.24, 2.45) is 0 Å². The minimum atomic E-state index is -0.692. The lowest BCUT2D eigenvalue weighted by Crippen LogP contribution is -1.99. The Hall–Kier alpha value is -1.46. The van der Waals surface area contributed by atoms with E-state index in [0.717, 1.165) is 16.2 Å². The molecule has 0 saturated heterocycles. The van der Waals surface area contributed by atoms with Crippen LogP contribution in [0.3, 0.4) is 0 Å². The molecule has 3 rings (SSSR count). The molecule has 0 unspecified atom stereocenters. The van der Waals surface area contributed by atoms with E-state index in [0.29, 0.717) is 11.3 Å². The molecule has 0 aliphatic heterocycles. The summed E-state index contributed by atoms with van der Waals surface area (Å²) < 4.78 is 29.8. The first-order valence-corrected chi connectivity index (χ1v) is 7.11. The zero-order chi connectivity index (χ0) is 14.3. The maximum atomic E-state index is 13.8. The predicted octanol–water partition coefficient (Wildman–Crippen LogP) is 4.81. The largest absolute Gasteiger partial charge is 0.295 e. The molecule has 0 spiro atoms. The topological polar surface area (TPSA) is 17.8 Å². The Balaban J connectivity index is 2.35. The van der Waals surface area contributed by atoms with Crippen molar-refractivity contribution in [2.75, 3.05) is 0 Å². The number of aromatic nitrogens is 2. The first kappa shape index (κ1) is 13.5. The smallest absolute Gasteiger partial charge is 0.153 e. The molecule has 0 atom stereocenters. The third-order valence-electron chi connectivity index (χ3n) is 2.95. The zero-order valence-corrected chi connectivity index (χ0v) is 12.4. The molecule has 3 aromatic rings. The Morgan fingerprint density at radius 2 is 1.85 bits per heavy atom. The fraction of sp³-hybridized carbons (Fsp3) is 0.0714. The fourth-order valence-corrected chi connectivity index (χ4v) is 2.56. The van der Waals surface area contributed by atoms with Gasteiger partial charge in [-0.05, 0) is 24.3 Å². The maximum absolute atomic E-state index is 13.8. The molecule has 0 fully saturated rings. The van der Waals surface area contributed by atoms with Gasteiger partial charge >= 0.3 is 0 Å². The van der Waals surface area contributed by atoms with Gasteiger partial charge in [0.05, 0.1) is 11.4 Å². The molecule has 1 heterocycles. The molecule has 2 nitrogen and oxygen atoms in total. The van der Waals surface area contributed by atoms with Crippen molar-refractivity contribution in [3.05, 3.63) is 58.3 Å². The molecule has 20 heavy (non-hydrogen) atoms. The third kappa shape index (κ3) is 2.21. The van der Waals surface area contributed by atoms with E-state index < -0.39 is 11.6 Å². The van der Waals surface area contributed by atoms with Crippen molar-refractivity contribution in [3.8, 4) is 5.69 Å². The molecule has 6 heteroatoms. The van der Waals surface area contributed by atoms with Crippen molar-refractivity contribution >= 4 is 38.6 Å². The summed E-state index contributed by atoms with van der Waals surface area (Å²) in [6.07, 6.45) is 0. The van der Waals surface area contributed by atoms with Crippen molar-refractivity contribution in [1.29, 1.82) is 0 Å². The van der Waals surface area contributed by atoms with E-state index in [2.05, 4.69) is 20.9 Å². The predicted molar refractivity (Wildman–Crippen MR) is 78.2 cm³/mol. The second kappa shape index (κ2) is 5.14. The van der Waals surface area contributed by atoms with Crippen LogP contribution < -0.4 is 0 Å². The van der Waals surface area contributed by atoms with Crippen LogP contribution in [0.2, 0.25) is 0 Å². The third-order valence-corrected chi connectivity index (χ3v) is 3.72. The van der Waals surface area contributed by atoms with Gasteiger partial charge in [-0.15, -0.1) is 11.6 Å². The normalized spacial score (nSPS) is 11.2. The van der Waals surface area contributed by atoms with Crippen LogP contribution in [-0.2, 0) is 5.88 Å². The van der Waals surface area contributed by atoms with Crippen LogP contribution in [0.25, 0.3) is 16.7 Å². The van der Waals surface area contributed by atoms with E-state index in [4.69, 9.17) is 11.6 Å². The molecule has 102 valence electrons. The maximum Gasteiger partial charge on any atom is 0.153 e. The molecule has 0 bridgehead atoms. The zero-order valence-electron chi connectivity index (χ0n) is 10.1. The minimum Gasteiger partial charge on any atom is -0.295 e. The van der Waals surface area contributed by atoms with E-state index in [1.165, 1.54) is 6.07 Å². The molecule has 0 aliphatic rings. The monoisotopic (exact) mass is 356 g/mol. The van der Waals surface area contributed by atoms with Gasteiger partial charge in [0.2, 0.25) is 0 Å². The number of alkyl halides is 1. The van der Waals surface area contributed by atoms with Gasteiger partial charge in [-0.2, -0.15) is 0 Å². The van der Waals surface area contributed by atoms with Crippen LogP contribution >= 0.6 is 27.5 Å². The van der Waals surface area contributed by atoms with Gasteiger partial charge in [-0.25, -0.2) is 13.8 Å². The molecule has 0 aliphatic carbocycles. The molecule has 1 aromatic heterocycles. The second-order valence-corrected chi connectivity index (χ2v) is 5.41. The van der Waals surface area contributed by atoms with Crippen LogP contribution in [0.5, 0.6) is 0 Å². The SMILES string of the molecule is Fc1cc(F)c2nc(CCl)n(-c3ccc(Br)cc3)c2c1. The van der Waals surface area contributed by atoms with Gasteiger partial charge in [0, 0.05) is 22.3 Å². The van der Waals surface area contributed by atoms with E-state index in [1.54, 1.807) is 4.57 Å². The first-order valence-electron chi connectivity index (χ1n) is 5.78. The Labute approximate surface area is 127 Å². The molecule has 0 saturated carbocycles. The van der Waals surface area contributed by atoms with Gasteiger partial charge in [0.15, 0.2) is 5.82 Å². The Morgan fingerprint density at radius 3 is 2.50 bits per heavy atom. The highest BCUT2D eigenvalue weighted by Gasteiger charge is 2.16. The van der Waals surface area contributed by atoms with Crippen LogP contribution in [0.4, 0.5) is 8.78 Å². The Morgan fingerprint density at radius 1 is 1.15 bits per heavy atom. The molecule has 0 N–H and O–H groups in total. The molecule has 2 aromatic carbocycles. The van der Waals surface area contributed by atoms with Crippen molar-refractivity contribution < 1.29 is 8.78 Å². The lowest BCUT2D eigenvalue weighted by Gasteiger charge is -2.08. The Bertz CT molecular complexity index is 784. The number of hydrogen-bond donors (Lipinski definition) is 0. The summed E-state index contributed by atoms with van der Waals surface area (Å²) in [6.45, 7) is 0. The van der Waals surface area contributed by atoms with Crippen LogP contribution in [0.1, 0.15) is 5.82 Å². The van der Waals surface area contributed by atoms with Gasteiger partial charge in [0.25, 0.3) is 0 Å². The van der Waals surface area contributed by atoms with Crippen LogP contribution in [-0.4, -0.2) is 9.55 Å². The van der Waals surface area contributed by atoms with Crippen LogP contribution in [0, 0.1) is 11.6 Å². The van der Waals surface area contributed by atoms with Gasteiger partial charge in [0.1, 0.15) is 17.2 Å². The average molecular weight is 358 g/mol. The Kier molecular flexibility index (Phi) is 3.48. The number of hydrogen-bond acceptors (Lipinski definition) is 1. The summed E-state index contributed by atoms with van der Waals surface area (Å²) in [4.78, 5) is 4.15. The lowest BCUT2D eigenvalue weighted by atomic mass is 10.2. The quantitative estimate of drug-likeness (QED) is 0.602.